The van der Waals surface area contributed by atoms with Crippen LogP contribution in [0.2, 0.25) is 0 Å². The third kappa shape index (κ3) is 1.28. The molecule has 1 saturated carbocycles. The Morgan fingerprint density at radius 2 is 2.25 bits per heavy atom. The van der Waals surface area contributed by atoms with Crippen LogP contribution in [0.4, 0.5) is 0 Å². The topological polar surface area (TPSA) is 49.6 Å². The average Bonchev–Trinajstić information content (AvgIpc) is 2.85. The van der Waals surface area contributed by atoms with Crippen molar-refractivity contribution < 1.29 is 0 Å². The van der Waals surface area contributed by atoms with Gasteiger partial charge in [0.15, 0.2) is 0 Å². The zero-order chi connectivity index (χ0) is 8.55. The molecule has 3 nitrogen and oxygen atoms in total. The molecule has 1 aliphatic rings. The second kappa shape index (κ2) is 2.56. The molecule has 3 heteroatoms. The predicted octanol–water partition coefficient (Wildman–Crippen LogP) is 1.53. The standard InChI is InChI=1S/C9H9N3/c1-6-4-8(5-10)12-9(11-6)7-2-3-7/h4,7H,2-3H2,1H3. The molecule has 0 aromatic carbocycles. The lowest BCUT2D eigenvalue weighted by Crippen LogP contribution is -1.97. The van der Waals surface area contributed by atoms with Crippen LogP contribution in [0.25, 0.3) is 0 Å². The van der Waals surface area contributed by atoms with Crippen molar-refractivity contribution in [2.24, 2.45) is 0 Å². The number of hydrogen-bond donors (Lipinski definition) is 0. The lowest BCUT2D eigenvalue weighted by Gasteiger charge is -1.98. The van der Waals surface area contributed by atoms with Gasteiger partial charge in [-0.15, -0.1) is 0 Å². The van der Waals surface area contributed by atoms with E-state index in [2.05, 4.69) is 9.97 Å². The second-order valence-corrected chi connectivity index (χ2v) is 3.14. The largest absolute Gasteiger partial charge is 0.238 e. The molecule has 12 heavy (non-hydrogen) atoms. The first kappa shape index (κ1) is 7.23. The molecule has 0 N–H and O–H groups in total. The summed E-state index contributed by atoms with van der Waals surface area (Å²) in [5, 5.41) is 8.65. The maximum Gasteiger partial charge on any atom is 0.144 e. The average molecular weight is 159 g/mol. The van der Waals surface area contributed by atoms with Crippen molar-refractivity contribution >= 4 is 0 Å². The molecule has 0 unspecified atom stereocenters. The molecule has 0 aliphatic heterocycles. The van der Waals surface area contributed by atoms with Crippen LogP contribution < -0.4 is 0 Å². The van der Waals surface area contributed by atoms with Gasteiger partial charge in [-0.1, -0.05) is 0 Å². The highest BCUT2D eigenvalue weighted by molar-refractivity contribution is 5.24. The fourth-order valence-corrected chi connectivity index (χ4v) is 1.17. The first-order valence-electron chi connectivity index (χ1n) is 4.05. The van der Waals surface area contributed by atoms with Crippen LogP contribution in [-0.4, -0.2) is 9.97 Å². The van der Waals surface area contributed by atoms with Crippen LogP contribution in [0.1, 0.15) is 36.0 Å². The number of aryl methyl sites for hydroxylation is 1. The summed E-state index contributed by atoms with van der Waals surface area (Å²) in [5.41, 5.74) is 1.38. The summed E-state index contributed by atoms with van der Waals surface area (Å²) in [5.74, 6) is 1.38. The van der Waals surface area contributed by atoms with E-state index in [1.54, 1.807) is 6.07 Å². The quantitative estimate of drug-likeness (QED) is 0.624. The highest BCUT2D eigenvalue weighted by Gasteiger charge is 2.26. The molecule has 1 aromatic rings. The van der Waals surface area contributed by atoms with Gasteiger partial charge in [0.2, 0.25) is 0 Å². The molecule has 1 heterocycles. The molecule has 0 bridgehead atoms. The van der Waals surface area contributed by atoms with Gasteiger partial charge in [-0.2, -0.15) is 5.26 Å². The van der Waals surface area contributed by atoms with Crippen molar-refractivity contribution in [2.75, 3.05) is 0 Å². The molecule has 0 atom stereocenters. The first-order chi connectivity index (χ1) is 5.79. The summed E-state index contributed by atoms with van der Waals surface area (Å²) in [6, 6.07) is 3.75. The third-order valence-corrected chi connectivity index (χ3v) is 1.93. The van der Waals surface area contributed by atoms with E-state index in [1.165, 1.54) is 12.8 Å². The van der Waals surface area contributed by atoms with Crippen molar-refractivity contribution in [2.45, 2.75) is 25.7 Å². The minimum atomic E-state index is 0.490. The van der Waals surface area contributed by atoms with Gasteiger partial charge < -0.3 is 0 Å². The number of nitriles is 1. The zero-order valence-electron chi connectivity index (χ0n) is 6.91. The highest BCUT2D eigenvalue weighted by atomic mass is 14.9. The van der Waals surface area contributed by atoms with E-state index in [1.807, 2.05) is 13.0 Å². The Morgan fingerprint density at radius 3 is 2.83 bits per heavy atom. The van der Waals surface area contributed by atoms with E-state index in [4.69, 9.17) is 5.26 Å². The van der Waals surface area contributed by atoms with Crippen LogP contribution >= 0.6 is 0 Å². The molecule has 0 amide bonds. The summed E-state index contributed by atoms with van der Waals surface area (Å²) in [6.07, 6.45) is 2.35. The van der Waals surface area contributed by atoms with Crippen LogP contribution in [0, 0.1) is 18.3 Å². The van der Waals surface area contributed by atoms with Crippen molar-refractivity contribution in [1.82, 2.24) is 9.97 Å². The number of hydrogen-bond acceptors (Lipinski definition) is 3. The molecule has 1 fully saturated rings. The van der Waals surface area contributed by atoms with Gasteiger partial charge in [0.25, 0.3) is 0 Å². The van der Waals surface area contributed by atoms with Crippen LogP contribution in [0.15, 0.2) is 6.07 Å². The van der Waals surface area contributed by atoms with Gasteiger partial charge in [0.1, 0.15) is 17.6 Å². The molecular weight excluding hydrogens is 150 g/mol. The van der Waals surface area contributed by atoms with Crippen LogP contribution in [-0.2, 0) is 0 Å². The summed E-state index contributed by atoms with van der Waals surface area (Å²) < 4.78 is 0. The smallest absolute Gasteiger partial charge is 0.144 e. The summed E-state index contributed by atoms with van der Waals surface area (Å²) in [6.45, 7) is 1.90. The summed E-state index contributed by atoms with van der Waals surface area (Å²) >= 11 is 0. The van der Waals surface area contributed by atoms with E-state index in [-0.39, 0.29) is 0 Å². The van der Waals surface area contributed by atoms with Gasteiger partial charge in [-0.3, -0.25) is 0 Å². The molecule has 0 saturated heterocycles. The van der Waals surface area contributed by atoms with Gasteiger partial charge in [0, 0.05) is 11.6 Å². The second-order valence-electron chi connectivity index (χ2n) is 3.14. The fraction of sp³-hybridized carbons (Fsp3) is 0.444. The van der Waals surface area contributed by atoms with Crippen molar-refractivity contribution in [3.63, 3.8) is 0 Å². The zero-order valence-corrected chi connectivity index (χ0v) is 6.91. The van der Waals surface area contributed by atoms with Gasteiger partial charge in [-0.05, 0) is 25.8 Å². The first-order valence-corrected chi connectivity index (χ1v) is 4.05. The van der Waals surface area contributed by atoms with E-state index in [0.29, 0.717) is 11.6 Å². The van der Waals surface area contributed by atoms with Crippen LogP contribution in [0.3, 0.4) is 0 Å². The molecule has 0 radical (unpaired) electrons. The summed E-state index contributed by atoms with van der Waals surface area (Å²) in [4.78, 5) is 8.42. The number of nitrogens with zero attached hydrogens (tertiary/aromatic N) is 3. The lowest BCUT2D eigenvalue weighted by atomic mass is 10.3. The van der Waals surface area contributed by atoms with Crippen molar-refractivity contribution in [3.8, 4) is 6.07 Å². The van der Waals surface area contributed by atoms with Gasteiger partial charge in [0.05, 0.1) is 0 Å². The predicted molar refractivity (Wildman–Crippen MR) is 43.5 cm³/mol. The van der Waals surface area contributed by atoms with Crippen molar-refractivity contribution in [3.05, 3.63) is 23.3 Å². The van der Waals surface area contributed by atoms with E-state index in [9.17, 15) is 0 Å². The maximum absolute atomic E-state index is 8.65. The van der Waals surface area contributed by atoms with E-state index >= 15 is 0 Å². The van der Waals surface area contributed by atoms with Crippen molar-refractivity contribution in [1.29, 1.82) is 5.26 Å². The molecule has 0 spiro atoms. The molecule has 2 rings (SSSR count). The number of rotatable bonds is 1. The normalized spacial score (nSPS) is 15.7. The summed E-state index contributed by atoms with van der Waals surface area (Å²) in [7, 11) is 0. The SMILES string of the molecule is Cc1cc(C#N)nc(C2CC2)n1. The maximum atomic E-state index is 8.65. The Bertz CT molecular complexity index is 347. The molecule has 1 aliphatic carbocycles. The lowest BCUT2D eigenvalue weighted by molar-refractivity contribution is 0.897. The van der Waals surface area contributed by atoms with E-state index in [0.717, 1.165) is 11.5 Å². The molecular formula is C9H9N3. The fourth-order valence-electron chi connectivity index (χ4n) is 1.17. The van der Waals surface area contributed by atoms with Gasteiger partial charge in [-0.25, -0.2) is 9.97 Å². The monoisotopic (exact) mass is 159 g/mol. The Labute approximate surface area is 71.1 Å². The molecule has 60 valence electrons. The Hall–Kier alpha value is -1.43. The number of aromatic nitrogens is 2. The third-order valence-electron chi connectivity index (χ3n) is 1.93. The van der Waals surface area contributed by atoms with Crippen LogP contribution in [0.5, 0.6) is 0 Å². The minimum absolute atomic E-state index is 0.490. The molecule has 1 aromatic heterocycles. The Balaban J connectivity index is 2.43. The highest BCUT2D eigenvalue weighted by Crippen LogP contribution is 2.37. The van der Waals surface area contributed by atoms with Gasteiger partial charge >= 0.3 is 0 Å². The Morgan fingerprint density at radius 1 is 1.50 bits per heavy atom. The minimum Gasteiger partial charge on any atom is -0.238 e. The van der Waals surface area contributed by atoms with E-state index < -0.39 is 0 Å². The Kier molecular flexibility index (Phi) is 1.54.